The Balaban J connectivity index is 0.000000389. The van der Waals surface area contributed by atoms with Crippen LogP contribution in [0.15, 0.2) is 41.3 Å². The molecule has 1 fully saturated rings. The maximum atomic E-state index is 12.0. The highest BCUT2D eigenvalue weighted by Gasteiger charge is 2.14. The molecule has 8 heteroatoms. The molecule has 41 heavy (non-hydrogen) atoms. The van der Waals surface area contributed by atoms with Crippen molar-refractivity contribution in [3.05, 3.63) is 80.6 Å². The quantitative estimate of drug-likeness (QED) is 0.0851. The van der Waals surface area contributed by atoms with Crippen LogP contribution in [0.25, 0.3) is 11.6 Å². The summed E-state index contributed by atoms with van der Waals surface area (Å²) in [6.07, 6.45) is 7.84. The monoisotopic (exact) mass is 594 g/mol. The van der Waals surface area contributed by atoms with Crippen molar-refractivity contribution in [1.82, 2.24) is 15.6 Å². The third-order valence-electron chi connectivity index (χ3n) is 7.68. The summed E-state index contributed by atoms with van der Waals surface area (Å²) in [4.78, 5) is 26.4. The predicted molar refractivity (Wildman–Crippen MR) is 174 cm³/mol. The summed E-state index contributed by atoms with van der Waals surface area (Å²) < 4.78 is 0. The molecule has 1 aliphatic rings. The zero-order valence-corrected chi connectivity index (χ0v) is 26.2. The molecular formula is C33H43ClN4O2S. The number of piperidine rings is 1. The number of H-pyrrole nitrogens is 1. The number of halogens is 1. The van der Waals surface area contributed by atoms with E-state index in [1.807, 2.05) is 36.4 Å². The summed E-state index contributed by atoms with van der Waals surface area (Å²) in [7, 11) is 0. The molecule has 0 bridgehead atoms. The summed E-state index contributed by atoms with van der Waals surface area (Å²) >= 11 is 8.14. The van der Waals surface area contributed by atoms with Gasteiger partial charge in [-0.2, -0.15) is 0 Å². The minimum atomic E-state index is 0.568. The molecule has 4 rings (SSSR count). The fourth-order valence-corrected chi connectivity index (χ4v) is 6.61. The summed E-state index contributed by atoms with van der Waals surface area (Å²) in [5.41, 5.74) is 15.1. The van der Waals surface area contributed by atoms with Crippen LogP contribution in [0.5, 0.6) is 0 Å². The number of allylic oxidation sites excluding steroid dienone is 1. The second-order valence-electron chi connectivity index (χ2n) is 10.3. The van der Waals surface area contributed by atoms with Gasteiger partial charge in [-0.1, -0.05) is 37.6 Å². The fraction of sp³-hybridized carbons (Fsp3) is 0.394. The molecule has 0 atom stereocenters. The number of thioether (sulfide) groups is 1. The van der Waals surface area contributed by atoms with E-state index in [4.69, 9.17) is 17.3 Å². The van der Waals surface area contributed by atoms with Crippen molar-refractivity contribution in [1.29, 1.82) is 0 Å². The van der Waals surface area contributed by atoms with Crippen molar-refractivity contribution in [2.45, 2.75) is 64.0 Å². The lowest BCUT2D eigenvalue weighted by molar-refractivity contribution is -0.109. The van der Waals surface area contributed by atoms with Gasteiger partial charge in [-0.25, -0.2) is 0 Å². The first kappa shape index (κ1) is 32.5. The van der Waals surface area contributed by atoms with Crippen LogP contribution in [-0.4, -0.2) is 37.3 Å². The van der Waals surface area contributed by atoms with Gasteiger partial charge in [0.25, 0.3) is 0 Å². The van der Waals surface area contributed by atoms with Gasteiger partial charge < -0.3 is 21.4 Å². The molecule has 0 unspecified atom stereocenters. The van der Waals surface area contributed by atoms with Crippen LogP contribution >= 0.6 is 23.4 Å². The van der Waals surface area contributed by atoms with Crippen LogP contribution in [0.3, 0.4) is 0 Å². The van der Waals surface area contributed by atoms with Crippen molar-refractivity contribution >= 4 is 53.4 Å². The Morgan fingerprint density at radius 2 is 1.85 bits per heavy atom. The lowest BCUT2D eigenvalue weighted by Crippen LogP contribution is -2.33. The number of nitrogen functional groups attached to an aromatic ring is 1. The number of hydrogen-bond acceptors (Lipinski definition) is 5. The smallest absolute Gasteiger partial charge is 0.207 e. The zero-order valence-electron chi connectivity index (χ0n) is 24.6. The molecule has 3 aromatic rings. The van der Waals surface area contributed by atoms with E-state index >= 15 is 0 Å². The zero-order chi connectivity index (χ0) is 29.8. The molecule has 1 aliphatic heterocycles. The second kappa shape index (κ2) is 16.4. The fourth-order valence-electron chi connectivity index (χ4n) is 5.25. The number of carbonyl (C=O) groups is 2. The molecule has 6 nitrogen and oxygen atoms in total. The number of rotatable bonds is 11. The van der Waals surface area contributed by atoms with E-state index in [-0.39, 0.29) is 0 Å². The van der Waals surface area contributed by atoms with E-state index in [0.29, 0.717) is 17.2 Å². The third kappa shape index (κ3) is 8.99. The molecule has 0 spiro atoms. The number of carbonyl (C=O) groups excluding carboxylic acids is 2. The molecule has 1 amide bonds. The molecule has 220 valence electrons. The van der Waals surface area contributed by atoms with Gasteiger partial charge in [0.05, 0.1) is 0 Å². The first-order chi connectivity index (χ1) is 19.8. The average Bonchev–Trinajstić information content (AvgIpc) is 3.26. The number of hydrogen-bond donors (Lipinski definition) is 4. The number of aromatic amines is 1. The highest BCUT2D eigenvalue weighted by Crippen LogP contribution is 2.33. The van der Waals surface area contributed by atoms with Crippen LogP contribution in [0.2, 0.25) is 5.02 Å². The molecule has 2 aromatic carbocycles. The number of benzene rings is 2. The standard InChI is InChI=1S/C26H29ClN2OS.C7H14N2O/c1-5-18-8-7-9-24(27)23(18)15-31-20-10-11-25(28)22(13-20)19(14-30)12-26-16(3)21(6-2)17(4)29-26;10-6-9-5-7-1-3-8-4-2-7/h7-14,29H,5-6,15,28H2,1-4H3;6-8H,1-5H2,(H,9,10)/b19-12+;. The van der Waals surface area contributed by atoms with Crippen molar-refractivity contribution in [3.8, 4) is 0 Å². The van der Waals surface area contributed by atoms with E-state index in [9.17, 15) is 9.59 Å². The van der Waals surface area contributed by atoms with Crippen LogP contribution < -0.4 is 16.4 Å². The van der Waals surface area contributed by atoms with E-state index in [2.05, 4.69) is 49.4 Å². The second-order valence-corrected chi connectivity index (χ2v) is 11.8. The minimum absolute atomic E-state index is 0.568. The maximum absolute atomic E-state index is 12.0. The minimum Gasteiger partial charge on any atom is -0.398 e. The molecule has 0 aliphatic carbocycles. The van der Waals surface area contributed by atoms with E-state index in [0.717, 1.165) is 83.4 Å². The number of aryl methyl sites for hydroxylation is 2. The molecule has 2 heterocycles. The normalized spacial score (nSPS) is 13.8. The largest absolute Gasteiger partial charge is 0.398 e. The predicted octanol–water partition coefficient (Wildman–Crippen LogP) is 6.76. The first-order valence-electron chi connectivity index (χ1n) is 14.3. The molecule has 1 aromatic heterocycles. The van der Waals surface area contributed by atoms with Gasteiger partial charge in [0.2, 0.25) is 6.41 Å². The lowest BCUT2D eigenvalue weighted by atomic mass is 9.98. The average molecular weight is 595 g/mol. The Labute approximate surface area is 253 Å². The summed E-state index contributed by atoms with van der Waals surface area (Å²) in [6, 6.07) is 11.9. The summed E-state index contributed by atoms with van der Waals surface area (Å²) in [5, 5.41) is 6.78. The molecule has 0 saturated carbocycles. The third-order valence-corrected chi connectivity index (χ3v) is 9.05. The van der Waals surface area contributed by atoms with Crippen molar-refractivity contribution in [2.75, 3.05) is 25.4 Å². The number of amides is 1. The maximum Gasteiger partial charge on any atom is 0.207 e. The number of nitrogens with one attached hydrogen (secondary N) is 3. The van der Waals surface area contributed by atoms with Gasteiger partial charge in [0, 0.05) is 50.4 Å². The van der Waals surface area contributed by atoms with E-state index < -0.39 is 0 Å². The molecule has 0 radical (unpaired) electrons. The Morgan fingerprint density at radius 1 is 1.10 bits per heavy atom. The molecule has 1 saturated heterocycles. The van der Waals surface area contributed by atoms with Gasteiger partial charge in [-0.05, 0) is 111 Å². The summed E-state index contributed by atoms with van der Waals surface area (Å²) in [6.45, 7) is 11.5. The van der Waals surface area contributed by atoms with Crippen LogP contribution in [0, 0.1) is 19.8 Å². The van der Waals surface area contributed by atoms with Gasteiger partial charge >= 0.3 is 0 Å². The van der Waals surface area contributed by atoms with Gasteiger partial charge in [0.1, 0.15) is 0 Å². The van der Waals surface area contributed by atoms with Crippen LogP contribution in [0.4, 0.5) is 5.69 Å². The van der Waals surface area contributed by atoms with Crippen molar-refractivity contribution in [3.63, 3.8) is 0 Å². The van der Waals surface area contributed by atoms with E-state index in [1.165, 1.54) is 29.5 Å². The highest BCUT2D eigenvalue weighted by molar-refractivity contribution is 7.98. The molecular weight excluding hydrogens is 552 g/mol. The number of aldehydes is 1. The Bertz CT molecular complexity index is 1350. The summed E-state index contributed by atoms with van der Waals surface area (Å²) in [5.74, 6) is 1.47. The van der Waals surface area contributed by atoms with Gasteiger partial charge in [-0.15, -0.1) is 11.8 Å². The topological polar surface area (TPSA) is 100 Å². The number of aromatic nitrogens is 1. The number of anilines is 1. The van der Waals surface area contributed by atoms with E-state index in [1.54, 1.807) is 11.8 Å². The highest BCUT2D eigenvalue weighted by atomic mass is 35.5. The van der Waals surface area contributed by atoms with Crippen molar-refractivity contribution in [2.24, 2.45) is 5.92 Å². The molecule has 5 N–H and O–H groups in total. The lowest BCUT2D eigenvalue weighted by Gasteiger charge is -2.21. The van der Waals surface area contributed by atoms with Gasteiger partial charge in [0.15, 0.2) is 6.29 Å². The number of nitrogens with two attached hydrogens (primary N) is 1. The van der Waals surface area contributed by atoms with Gasteiger partial charge in [-0.3, -0.25) is 9.59 Å². The Morgan fingerprint density at radius 3 is 2.49 bits per heavy atom. The van der Waals surface area contributed by atoms with Crippen LogP contribution in [-0.2, 0) is 28.2 Å². The van der Waals surface area contributed by atoms with Crippen molar-refractivity contribution < 1.29 is 9.59 Å². The SMILES string of the molecule is CCc1cccc(Cl)c1CSc1ccc(N)c(/C(C=O)=C/c2[nH]c(C)c(CC)c2C)c1.O=CNCC1CCNCC1. The van der Waals surface area contributed by atoms with Crippen LogP contribution in [0.1, 0.15) is 65.9 Å². The Hall–Kier alpha value is -3.00. The first-order valence-corrected chi connectivity index (χ1v) is 15.7. The Kier molecular flexibility index (Phi) is 13.0.